The van der Waals surface area contributed by atoms with Gasteiger partial charge >= 0.3 is 11.9 Å². The molecule has 4 rings (SSSR count). The van der Waals surface area contributed by atoms with Gasteiger partial charge in [-0.1, -0.05) is 35.3 Å². The number of carboxylic acids is 2. The van der Waals surface area contributed by atoms with E-state index in [0.29, 0.717) is 6.07 Å². The van der Waals surface area contributed by atoms with Crippen LogP contribution in [0.2, 0.25) is 10.0 Å². The van der Waals surface area contributed by atoms with Gasteiger partial charge in [-0.2, -0.15) is 0 Å². The maximum atomic E-state index is 14.3. The van der Waals surface area contributed by atoms with E-state index in [4.69, 9.17) is 23.2 Å². The number of benzene rings is 3. The first kappa shape index (κ1) is 23.2. The fraction of sp³-hybridized carbons (Fsp3) is 0. The maximum absolute atomic E-state index is 14.3. The van der Waals surface area contributed by atoms with Gasteiger partial charge in [-0.15, -0.1) is 0 Å². The average Bonchev–Trinajstić information content (AvgIpc) is 2.76. The first-order chi connectivity index (χ1) is 16.1. The minimum Gasteiger partial charge on any atom is -0.478 e. The van der Waals surface area contributed by atoms with Crippen LogP contribution < -0.4 is 10.7 Å². The average molecular weight is 505 g/mol. The van der Waals surface area contributed by atoms with E-state index < -0.39 is 34.6 Å². The Morgan fingerprint density at radius 3 is 2.24 bits per heavy atom. The molecule has 0 aliphatic carbocycles. The van der Waals surface area contributed by atoms with E-state index in [9.17, 15) is 33.4 Å². The lowest BCUT2D eigenvalue weighted by molar-refractivity contribution is 0.0686. The predicted molar refractivity (Wildman–Crippen MR) is 123 cm³/mol. The van der Waals surface area contributed by atoms with Crippen molar-refractivity contribution in [2.24, 2.45) is 0 Å². The Morgan fingerprint density at radius 2 is 1.59 bits per heavy atom. The number of anilines is 2. The van der Waals surface area contributed by atoms with Crippen molar-refractivity contribution in [2.45, 2.75) is 0 Å². The van der Waals surface area contributed by atoms with Crippen LogP contribution >= 0.6 is 23.2 Å². The van der Waals surface area contributed by atoms with Crippen molar-refractivity contribution in [3.63, 3.8) is 0 Å². The maximum Gasteiger partial charge on any atom is 0.341 e. The number of fused-ring (bicyclic) bond motifs is 1. The zero-order valence-electron chi connectivity index (χ0n) is 16.8. The molecule has 34 heavy (non-hydrogen) atoms. The van der Waals surface area contributed by atoms with Gasteiger partial charge in [-0.25, -0.2) is 18.4 Å². The van der Waals surface area contributed by atoms with Crippen LogP contribution in [0.15, 0.2) is 59.5 Å². The molecule has 0 saturated carbocycles. The van der Waals surface area contributed by atoms with Crippen molar-refractivity contribution in [2.75, 3.05) is 5.32 Å². The number of rotatable bonds is 5. The van der Waals surface area contributed by atoms with Gasteiger partial charge in [0, 0.05) is 17.6 Å². The molecule has 0 fully saturated rings. The Bertz CT molecular complexity index is 1550. The summed E-state index contributed by atoms with van der Waals surface area (Å²) in [6, 6.07) is 9.74. The lowest BCUT2D eigenvalue weighted by atomic mass is 10.1. The van der Waals surface area contributed by atoms with Gasteiger partial charge in [0.25, 0.3) is 0 Å². The molecule has 11 heteroatoms. The number of carbonyl (C=O) groups is 2. The standard InChI is InChI=1S/C23H12Cl2F2N2O5/c24-14-8-19-12(7-17(14)28-20-15(25)5-10(26)6-16(20)27)21(30)13(23(33)34)9-29(19)18-4-2-1-3-11(18)22(31)32/h1-9,28H,(H,31,32)(H,33,34). The van der Waals surface area contributed by atoms with E-state index >= 15 is 0 Å². The number of halogens is 4. The molecule has 0 aliphatic rings. The second kappa shape index (κ2) is 8.77. The number of para-hydroxylation sites is 1. The zero-order valence-corrected chi connectivity index (χ0v) is 18.3. The fourth-order valence-electron chi connectivity index (χ4n) is 3.45. The van der Waals surface area contributed by atoms with E-state index in [2.05, 4.69) is 5.32 Å². The molecular weight excluding hydrogens is 493 g/mol. The topological polar surface area (TPSA) is 109 Å². The Hall–Kier alpha value is -3.95. The number of aromatic nitrogens is 1. The van der Waals surface area contributed by atoms with Crippen LogP contribution in [0.4, 0.5) is 20.2 Å². The molecule has 0 bridgehead atoms. The minimum atomic E-state index is -1.54. The number of carboxylic acid groups (broad SMARTS) is 2. The van der Waals surface area contributed by atoms with Crippen LogP contribution in [0.3, 0.4) is 0 Å². The summed E-state index contributed by atoms with van der Waals surface area (Å²) in [6.07, 6.45) is 1.01. The molecule has 0 amide bonds. The first-order valence-corrected chi connectivity index (χ1v) is 10.2. The van der Waals surface area contributed by atoms with Crippen LogP contribution in [-0.4, -0.2) is 26.7 Å². The molecule has 0 radical (unpaired) electrons. The van der Waals surface area contributed by atoms with E-state index in [1.54, 1.807) is 6.07 Å². The predicted octanol–water partition coefficient (Wildman–Crippen LogP) is 5.72. The lowest BCUT2D eigenvalue weighted by Gasteiger charge is -2.17. The van der Waals surface area contributed by atoms with E-state index in [1.165, 1.54) is 34.9 Å². The van der Waals surface area contributed by atoms with Gasteiger partial charge in [0.1, 0.15) is 11.4 Å². The fourth-order valence-corrected chi connectivity index (χ4v) is 3.90. The van der Waals surface area contributed by atoms with Gasteiger partial charge in [0.2, 0.25) is 5.43 Å². The lowest BCUT2D eigenvalue weighted by Crippen LogP contribution is -2.19. The van der Waals surface area contributed by atoms with E-state index in [0.717, 1.165) is 12.3 Å². The number of aromatic carboxylic acids is 2. The smallest absolute Gasteiger partial charge is 0.341 e. The minimum absolute atomic E-state index is 0.0146. The summed E-state index contributed by atoms with van der Waals surface area (Å²) in [5, 5.41) is 21.3. The third kappa shape index (κ3) is 4.07. The summed E-state index contributed by atoms with van der Waals surface area (Å²) in [6.45, 7) is 0. The highest BCUT2D eigenvalue weighted by molar-refractivity contribution is 6.35. The van der Waals surface area contributed by atoms with Gasteiger partial charge in [-0.05, 0) is 30.3 Å². The quantitative estimate of drug-likeness (QED) is 0.321. The van der Waals surface area contributed by atoms with E-state index in [-0.39, 0.29) is 43.6 Å². The normalized spacial score (nSPS) is 10.9. The molecule has 7 nitrogen and oxygen atoms in total. The van der Waals surface area contributed by atoms with Crippen LogP contribution in [0.25, 0.3) is 16.6 Å². The Morgan fingerprint density at radius 1 is 0.912 bits per heavy atom. The summed E-state index contributed by atoms with van der Waals surface area (Å²) in [4.78, 5) is 36.4. The molecule has 3 aromatic carbocycles. The second-order valence-electron chi connectivity index (χ2n) is 7.09. The van der Waals surface area contributed by atoms with Crippen LogP contribution in [-0.2, 0) is 0 Å². The molecule has 0 saturated heterocycles. The highest BCUT2D eigenvalue weighted by atomic mass is 35.5. The van der Waals surface area contributed by atoms with Gasteiger partial charge in [-0.3, -0.25) is 4.79 Å². The summed E-state index contributed by atoms with van der Waals surface area (Å²) in [7, 11) is 0. The number of nitrogens with zero attached hydrogens (tertiary/aromatic N) is 1. The van der Waals surface area contributed by atoms with Crippen LogP contribution in [0, 0.1) is 11.6 Å². The van der Waals surface area contributed by atoms with Crippen molar-refractivity contribution in [3.05, 3.63) is 97.8 Å². The molecule has 0 unspecified atom stereocenters. The molecule has 0 spiro atoms. The largest absolute Gasteiger partial charge is 0.478 e. The number of hydrogen-bond acceptors (Lipinski definition) is 4. The Balaban J connectivity index is 2.02. The highest BCUT2D eigenvalue weighted by Crippen LogP contribution is 2.35. The highest BCUT2D eigenvalue weighted by Gasteiger charge is 2.21. The van der Waals surface area contributed by atoms with Crippen LogP contribution in [0.5, 0.6) is 0 Å². The number of nitrogens with one attached hydrogen (secondary N) is 1. The first-order valence-electron chi connectivity index (χ1n) is 9.45. The van der Waals surface area contributed by atoms with Gasteiger partial charge in [0.05, 0.1) is 38.2 Å². The van der Waals surface area contributed by atoms with Crippen LogP contribution in [0.1, 0.15) is 20.7 Å². The van der Waals surface area contributed by atoms with E-state index in [1.807, 2.05) is 0 Å². The zero-order chi connectivity index (χ0) is 24.7. The molecule has 1 aromatic heterocycles. The molecule has 0 atom stereocenters. The number of hydrogen-bond donors (Lipinski definition) is 3. The summed E-state index contributed by atoms with van der Waals surface area (Å²) in [5.74, 6) is -4.73. The third-order valence-corrected chi connectivity index (χ3v) is 5.59. The molecule has 172 valence electrons. The molecular formula is C23H12Cl2F2N2O5. The second-order valence-corrected chi connectivity index (χ2v) is 7.90. The van der Waals surface area contributed by atoms with Crippen molar-refractivity contribution in [3.8, 4) is 5.69 Å². The molecule has 3 N–H and O–H groups in total. The summed E-state index contributed by atoms with van der Waals surface area (Å²) >= 11 is 12.3. The molecule has 0 aliphatic heterocycles. The third-order valence-electron chi connectivity index (χ3n) is 4.98. The Labute approximate surface area is 199 Å². The van der Waals surface area contributed by atoms with Crippen molar-refractivity contribution in [1.82, 2.24) is 4.57 Å². The number of pyridine rings is 1. The van der Waals surface area contributed by atoms with Gasteiger partial charge in [0.15, 0.2) is 5.82 Å². The van der Waals surface area contributed by atoms with Crippen molar-refractivity contribution in [1.29, 1.82) is 0 Å². The summed E-state index contributed by atoms with van der Waals surface area (Å²) in [5.41, 5.74) is -1.79. The van der Waals surface area contributed by atoms with Gasteiger partial charge < -0.3 is 20.1 Å². The monoisotopic (exact) mass is 504 g/mol. The SMILES string of the molecule is O=C(O)c1ccccc1-n1cc(C(=O)O)c(=O)c2cc(Nc3c(F)cc(F)cc3Cl)c(Cl)cc21. The Kier molecular flexibility index (Phi) is 5.99. The molecule has 1 heterocycles. The molecule has 4 aromatic rings. The van der Waals surface area contributed by atoms with Crippen molar-refractivity contribution >= 4 is 57.4 Å². The van der Waals surface area contributed by atoms with Crippen molar-refractivity contribution < 1.29 is 28.6 Å². The summed E-state index contributed by atoms with van der Waals surface area (Å²) < 4.78 is 28.9.